The summed E-state index contributed by atoms with van der Waals surface area (Å²) in [6.45, 7) is 2.82. The summed E-state index contributed by atoms with van der Waals surface area (Å²) >= 11 is 8.79. The van der Waals surface area contributed by atoms with Crippen molar-refractivity contribution >= 4 is 27.5 Å². The molecule has 1 atom stereocenters. The topological polar surface area (TPSA) is 12.0 Å². The van der Waals surface area contributed by atoms with Gasteiger partial charge in [0.05, 0.1) is 4.47 Å². The minimum Gasteiger partial charge on any atom is -0.310 e. The average Bonchev–Trinajstić information content (AvgIpc) is 2.20. The Balaban J connectivity index is 2.47. The number of hydrogen-bond donors (Lipinski definition) is 1. The van der Waals surface area contributed by atoms with Crippen molar-refractivity contribution in [2.75, 3.05) is 5.88 Å². The van der Waals surface area contributed by atoms with Crippen molar-refractivity contribution in [2.24, 2.45) is 0 Å². The quantitative estimate of drug-likeness (QED) is 0.817. The standard InChI is InChI=1S/C11H14BrClFN/c1-8(4-5-13)15-7-9-2-3-11(14)10(12)6-9/h2-3,6,8,15H,4-5,7H2,1H3. The zero-order chi connectivity index (χ0) is 11.3. The van der Waals surface area contributed by atoms with E-state index in [1.54, 1.807) is 12.1 Å². The maximum absolute atomic E-state index is 12.9. The van der Waals surface area contributed by atoms with Gasteiger partial charge in [0.1, 0.15) is 5.82 Å². The Morgan fingerprint density at radius 2 is 2.27 bits per heavy atom. The molecule has 0 spiro atoms. The largest absolute Gasteiger partial charge is 0.310 e. The first-order chi connectivity index (χ1) is 7.13. The number of rotatable bonds is 5. The predicted octanol–water partition coefficient (Wildman–Crippen LogP) is 3.70. The second-order valence-corrected chi connectivity index (χ2v) is 4.74. The SMILES string of the molecule is CC(CCCl)NCc1ccc(F)c(Br)c1. The van der Waals surface area contributed by atoms with E-state index in [4.69, 9.17) is 11.6 Å². The molecule has 0 saturated carbocycles. The van der Waals surface area contributed by atoms with Gasteiger partial charge >= 0.3 is 0 Å². The third kappa shape index (κ3) is 4.49. The molecule has 0 heterocycles. The van der Waals surface area contributed by atoms with E-state index in [0.717, 1.165) is 18.5 Å². The highest BCUT2D eigenvalue weighted by Crippen LogP contribution is 2.16. The molecule has 15 heavy (non-hydrogen) atoms. The van der Waals surface area contributed by atoms with Gasteiger partial charge in [-0.05, 0) is 47.0 Å². The zero-order valence-corrected chi connectivity index (χ0v) is 10.9. The second kappa shape index (κ2) is 6.46. The molecular formula is C11H14BrClFN. The average molecular weight is 295 g/mol. The number of benzene rings is 1. The van der Waals surface area contributed by atoms with Gasteiger partial charge in [-0.2, -0.15) is 0 Å². The molecule has 1 aromatic rings. The van der Waals surface area contributed by atoms with Crippen molar-refractivity contribution in [3.8, 4) is 0 Å². The van der Waals surface area contributed by atoms with Crippen LogP contribution >= 0.6 is 27.5 Å². The molecule has 0 aromatic heterocycles. The molecule has 1 unspecified atom stereocenters. The first-order valence-corrected chi connectivity index (χ1v) is 6.19. The summed E-state index contributed by atoms with van der Waals surface area (Å²) in [5.74, 6) is 0.425. The van der Waals surface area contributed by atoms with Crippen LogP contribution in [0.15, 0.2) is 22.7 Å². The molecule has 0 amide bonds. The molecule has 1 rings (SSSR count). The molecule has 0 saturated heterocycles. The van der Waals surface area contributed by atoms with Crippen molar-refractivity contribution in [1.82, 2.24) is 5.32 Å². The number of hydrogen-bond acceptors (Lipinski definition) is 1. The zero-order valence-electron chi connectivity index (χ0n) is 8.56. The van der Waals surface area contributed by atoms with Crippen LogP contribution in [0.3, 0.4) is 0 Å². The van der Waals surface area contributed by atoms with Gasteiger partial charge in [0, 0.05) is 18.5 Å². The van der Waals surface area contributed by atoms with Crippen LogP contribution in [0.5, 0.6) is 0 Å². The maximum atomic E-state index is 12.9. The first kappa shape index (κ1) is 12.9. The van der Waals surface area contributed by atoms with Crippen molar-refractivity contribution < 1.29 is 4.39 Å². The molecule has 1 nitrogen and oxygen atoms in total. The van der Waals surface area contributed by atoms with Crippen LogP contribution in [0, 0.1) is 5.82 Å². The fourth-order valence-electron chi connectivity index (χ4n) is 1.21. The molecule has 0 radical (unpaired) electrons. The van der Waals surface area contributed by atoms with Gasteiger partial charge in [-0.25, -0.2) is 4.39 Å². The van der Waals surface area contributed by atoms with E-state index < -0.39 is 0 Å². The third-order valence-electron chi connectivity index (χ3n) is 2.18. The normalized spacial score (nSPS) is 12.8. The summed E-state index contributed by atoms with van der Waals surface area (Å²) in [5.41, 5.74) is 1.06. The van der Waals surface area contributed by atoms with Gasteiger partial charge < -0.3 is 5.32 Å². The number of nitrogens with one attached hydrogen (secondary N) is 1. The Morgan fingerprint density at radius 1 is 1.53 bits per heavy atom. The van der Waals surface area contributed by atoms with Crippen LogP contribution in [-0.4, -0.2) is 11.9 Å². The molecule has 0 bridgehead atoms. The summed E-state index contributed by atoms with van der Waals surface area (Å²) in [7, 11) is 0. The molecule has 84 valence electrons. The van der Waals surface area contributed by atoms with Crippen LogP contribution < -0.4 is 5.32 Å². The summed E-state index contributed by atoms with van der Waals surface area (Å²) in [6, 6.07) is 5.41. The van der Waals surface area contributed by atoms with Crippen LogP contribution in [0.1, 0.15) is 18.9 Å². The maximum Gasteiger partial charge on any atom is 0.137 e. The Kier molecular flexibility index (Phi) is 5.58. The van der Waals surface area contributed by atoms with Gasteiger partial charge in [0.2, 0.25) is 0 Å². The fraction of sp³-hybridized carbons (Fsp3) is 0.455. The van der Waals surface area contributed by atoms with E-state index in [1.807, 2.05) is 0 Å². The van der Waals surface area contributed by atoms with E-state index in [-0.39, 0.29) is 5.82 Å². The van der Waals surface area contributed by atoms with Gasteiger partial charge in [-0.15, -0.1) is 11.6 Å². The first-order valence-electron chi connectivity index (χ1n) is 4.86. The van der Waals surface area contributed by atoms with Gasteiger partial charge in [0.25, 0.3) is 0 Å². The van der Waals surface area contributed by atoms with Crippen LogP contribution in [0.4, 0.5) is 4.39 Å². The summed E-state index contributed by atoms with van der Waals surface area (Å²) in [5, 5.41) is 3.32. The molecule has 1 aromatic carbocycles. The molecule has 4 heteroatoms. The molecular weight excluding hydrogens is 280 g/mol. The van der Waals surface area contributed by atoms with Crippen molar-refractivity contribution in [3.63, 3.8) is 0 Å². The highest BCUT2D eigenvalue weighted by molar-refractivity contribution is 9.10. The van der Waals surface area contributed by atoms with E-state index in [0.29, 0.717) is 16.4 Å². The Bertz CT molecular complexity index is 319. The van der Waals surface area contributed by atoms with E-state index >= 15 is 0 Å². The second-order valence-electron chi connectivity index (χ2n) is 3.51. The van der Waals surface area contributed by atoms with E-state index in [1.165, 1.54) is 6.07 Å². The lowest BCUT2D eigenvalue weighted by Crippen LogP contribution is -2.25. The Morgan fingerprint density at radius 3 is 2.87 bits per heavy atom. The molecule has 0 aliphatic rings. The third-order valence-corrected chi connectivity index (χ3v) is 3.01. The van der Waals surface area contributed by atoms with Crippen molar-refractivity contribution in [2.45, 2.75) is 25.9 Å². The number of alkyl halides is 1. The van der Waals surface area contributed by atoms with Gasteiger partial charge in [-0.1, -0.05) is 6.07 Å². The lowest BCUT2D eigenvalue weighted by molar-refractivity contribution is 0.535. The highest BCUT2D eigenvalue weighted by Gasteiger charge is 2.03. The predicted molar refractivity (Wildman–Crippen MR) is 65.7 cm³/mol. The number of halogens is 3. The van der Waals surface area contributed by atoms with E-state index in [2.05, 4.69) is 28.2 Å². The van der Waals surface area contributed by atoms with Crippen LogP contribution in [0.2, 0.25) is 0 Å². The van der Waals surface area contributed by atoms with Crippen molar-refractivity contribution in [3.05, 3.63) is 34.1 Å². The smallest absolute Gasteiger partial charge is 0.137 e. The lowest BCUT2D eigenvalue weighted by Gasteiger charge is -2.12. The Labute approximate surface area is 103 Å². The van der Waals surface area contributed by atoms with Crippen LogP contribution in [0.25, 0.3) is 0 Å². The highest BCUT2D eigenvalue weighted by atomic mass is 79.9. The lowest BCUT2D eigenvalue weighted by atomic mass is 10.2. The summed E-state index contributed by atoms with van der Waals surface area (Å²) in [6.07, 6.45) is 0.934. The molecule has 1 N–H and O–H groups in total. The minimum atomic E-state index is -0.229. The molecule has 0 aliphatic heterocycles. The van der Waals surface area contributed by atoms with Crippen molar-refractivity contribution in [1.29, 1.82) is 0 Å². The van der Waals surface area contributed by atoms with Gasteiger partial charge in [-0.3, -0.25) is 0 Å². The fourth-order valence-corrected chi connectivity index (χ4v) is 1.96. The minimum absolute atomic E-state index is 0.229. The van der Waals surface area contributed by atoms with Crippen LogP contribution in [-0.2, 0) is 6.54 Å². The Hall–Kier alpha value is -0.120. The molecule has 0 aliphatic carbocycles. The summed E-state index contributed by atoms with van der Waals surface area (Å²) in [4.78, 5) is 0. The summed E-state index contributed by atoms with van der Waals surface area (Å²) < 4.78 is 13.4. The van der Waals surface area contributed by atoms with E-state index in [9.17, 15) is 4.39 Å². The van der Waals surface area contributed by atoms with Gasteiger partial charge in [0.15, 0.2) is 0 Å². The monoisotopic (exact) mass is 293 g/mol. The molecule has 0 fully saturated rings.